The van der Waals surface area contributed by atoms with E-state index in [2.05, 4.69) is 44.8 Å². The maximum atomic E-state index is 12.4. The van der Waals surface area contributed by atoms with Crippen molar-refractivity contribution in [2.75, 3.05) is 62.2 Å². The minimum atomic E-state index is -0.237. The Morgan fingerprint density at radius 1 is 1.09 bits per heavy atom. The Morgan fingerprint density at radius 2 is 1.91 bits per heavy atom. The van der Waals surface area contributed by atoms with Crippen LogP contribution in [-0.4, -0.2) is 73.8 Å². The monoisotopic (exact) mass is 624 g/mol. The van der Waals surface area contributed by atoms with Crippen LogP contribution >= 0.6 is 0 Å². The molecule has 0 saturated carbocycles. The van der Waals surface area contributed by atoms with Crippen LogP contribution in [0.1, 0.15) is 36.9 Å². The summed E-state index contributed by atoms with van der Waals surface area (Å²) >= 11 is 0. The van der Waals surface area contributed by atoms with Gasteiger partial charge in [-0.05, 0) is 81.0 Å². The summed E-state index contributed by atoms with van der Waals surface area (Å²) in [6, 6.07) is 16.3. The van der Waals surface area contributed by atoms with Gasteiger partial charge in [-0.25, -0.2) is 15.0 Å². The van der Waals surface area contributed by atoms with Crippen molar-refractivity contribution in [3.8, 4) is 11.5 Å². The van der Waals surface area contributed by atoms with E-state index in [0.29, 0.717) is 25.4 Å². The molecule has 2 fully saturated rings. The van der Waals surface area contributed by atoms with Gasteiger partial charge in [0.1, 0.15) is 23.6 Å². The zero-order valence-corrected chi connectivity index (χ0v) is 26.9. The number of aromatic nitrogens is 2. The second-order valence-corrected chi connectivity index (χ2v) is 12.2. The van der Waals surface area contributed by atoms with E-state index in [1.54, 1.807) is 13.4 Å². The average Bonchev–Trinajstić information content (AvgIpc) is 3.59. The van der Waals surface area contributed by atoms with Crippen molar-refractivity contribution >= 4 is 23.1 Å². The number of para-hydroxylation sites is 1. The molecule has 1 N–H and O–H groups in total. The first-order valence-corrected chi connectivity index (χ1v) is 16.2. The van der Waals surface area contributed by atoms with Crippen molar-refractivity contribution in [1.29, 1.82) is 0 Å². The Kier molecular flexibility index (Phi) is 10.1. The summed E-state index contributed by atoms with van der Waals surface area (Å²) < 4.78 is 12.1. The minimum Gasteiger partial charge on any atom is -0.496 e. The molecule has 0 spiro atoms. The number of nitrogens with zero attached hydrogens (tertiary/aromatic N) is 5. The Balaban J connectivity index is 1.15. The van der Waals surface area contributed by atoms with Crippen LogP contribution in [0, 0.1) is 5.92 Å². The number of piperazine rings is 1. The number of carbonyl (C=O) groups is 1. The number of carbonyl (C=O) groups excluding carboxylic acids is 1. The maximum Gasteiger partial charge on any atom is 0.247 e. The third-order valence-electron chi connectivity index (χ3n) is 9.13. The normalized spacial score (nSPS) is 20.3. The summed E-state index contributed by atoms with van der Waals surface area (Å²) in [6.07, 6.45) is 10.4. The summed E-state index contributed by atoms with van der Waals surface area (Å²) in [6.45, 7) is 7.96. The first-order valence-electron chi connectivity index (χ1n) is 16.2. The molecule has 6 rings (SSSR count). The molecule has 2 aliphatic heterocycles. The van der Waals surface area contributed by atoms with E-state index in [9.17, 15) is 4.79 Å². The van der Waals surface area contributed by atoms with E-state index >= 15 is 0 Å². The molecule has 1 amide bonds. The molecule has 3 heterocycles. The van der Waals surface area contributed by atoms with Gasteiger partial charge in [0, 0.05) is 50.4 Å². The van der Waals surface area contributed by atoms with Gasteiger partial charge in [0.25, 0.3) is 0 Å². The van der Waals surface area contributed by atoms with Crippen molar-refractivity contribution in [3.63, 3.8) is 0 Å². The summed E-state index contributed by atoms with van der Waals surface area (Å²) in [4.78, 5) is 32.4. The number of hydroxylamine groups is 1. The van der Waals surface area contributed by atoms with Crippen LogP contribution in [0.15, 0.2) is 79.3 Å². The standard InChI is InChI=1S/C36H44N6O4/c1-4-36(43)39-31-22-27(34(44-3)24-33(31)41-18-16-40(2)17-19-41)13-14-28-23-35(38-25-37-28)42-32(15-20-45-42)26-9-8-12-30(21-26)46-29-10-6-5-7-11-29/h4-7,10-12,22-26,32H,1,8-9,13-21H2,2-3H3,(H,39,43)/t26?,32-/m1/s1. The van der Waals surface area contributed by atoms with Crippen molar-refractivity contribution in [1.82, 2.24) is 14.9 Å². The average molecular weight is 625 g/mol. The van der Waals surface area contributed by atoms with E-state index in [4.69, 9.17) is 14.3 Å². The first kappa shape index (κ1) is 31.6. The Morgan fingerprint density at radius 3 is 2.70 bits per heavy atom. The summed E-state index contributed by atoms with van der Waals surface area (Å²) in [5.74, 6) is 3.63. The van der Waals surface area contributed by atoms with Gasteiger partial charge in [0.2, 0.25) is 5.91 Å². The van der Waals surface area contributed by atoms with Crippen molar-refractivity contribution in [2.45, 2.75) is 44.6 Å². The number of aryl methyl sites for hydroxylation is 2. The molecular weight excluding hydrogens is 580 g/mol. The molecule has 3 aromatic rings. The molecule has 46 heavy (non-hydrogen) atoms. The predicted molar refractivity (Wildman–Crippen MR) is 180 cm³/mol. The highest BCUT2D eigenvalue weighted by Gasteiger charge is 2.36. The van der Waals surface area contributed by atoms with Crippen LogP contribution in [0.5, 0.6) is 11.5 Å². The molecule has 2 atom stereocenters. The first-order chi connectivity index (χ1) is 22.5. The fourth-order valence-corrected chi connectivity index (χ4v) is 6.60. The fourth-order valence-electron chi connectivity index (χ4n) is 6.60. The minimum absolute atomic E-state index is 0.212. The topological polar surface area (TPSA) is 92.3 Å². The number of ether oxygens (including phenoxy) is 2. The number of likely N-dealkylation sites (N-methyl/N-ethyl adjacent to an activating group) is 1. The third-order valence-corrected chi connectivity index (χ3v) is 9.13. The zero-order chi connectivity index (χ0) is 31.9. The number of hydrogen-bond donors (Lipinski definition) is 1. The molecule has 2 aromatic carbocycles. The lowest BCUT2D eigenvalue weighted by atomic mass is 9.85. The quantitative estimate of drug-likeness (QED) is 0.281. The van der Waals surface area contributed by atoms with Crippen LogP contribution in [0.25, 0.3) is 0 Å². The Hall–Kier alpha value is -4.41. The van der Waals surface area contributed by atoms with Crippen LogP contribution in [-0.2, 0) is 22.5 Å². The molecule has 0 radical (unpaired) electrons. The number of anilines is 3. The molecule has 1 aromatic heterocycles. The lowest BCUT2D eigenvalue weighted by molar-refractivity contribution is -0.111. The van der Waals surface area contributed by atoms with Crippen molar-refractivity contribution in [3.05, 3.63) is 90.6 Å². The molecule has 242 valence electrons. The molecule has 1 aliphatic carbocycles. The maximum absolute atomic E-state index is 12.4. The number of nitrogens with one attached hydrogen (secondary N) is 1. The highest BCUT2D eigenvalue weighted by molar-refractivity contribution is 6.01. The summed E-state index contributed by atoms with van der Waals surface area (Å²) in [5, 5.41) is 5.02. The second-order valence-electron chi connectivity index (χ2n) is 12.2. The van der Waals surface area contributed by atoms with Gasteiger partial charge in [-0.1, -0.05) is 24.8 Å². The highest BCUT2D eigenvalue weighted by Crippen LogP contribution is 2.38. The van der Waals surface area contributed by atoms with E-state index in [1.807, 2.05) is 53.6 Å². The van der Waals surface area contributed by atoms with Crippen LogP contribution in [0.3, 0.4) is 0 Å². The largest absolute Gasteiger partial charge is 0.496 e. The van der Waals surface area contributed by atoms with Crippen LogP contribution in [0.2, 0.25) is 0 Å². The Labute approximate surface area is 271 Å². The van der Waals surface area contributed by atoms with Crippen LogP contribution < -0.4 is 24.8 Å². The molecular formula is C36H44N6O4. The van der Waals surface area contributed by atoms with Gasteiger partial charge in [-0.15, -0.1) is 0 Å². The number of allylic oxidation sites excluding steroid dienone is 2. The molecule has 1 unspecified atom stereocenters. The second kappa shape index (κ2) is 14.8. The lowest BCUT2D eigenvalue weighted by Gasteiger charge is -2.35. The summed E-state index contributed by atoms with van der Waals surface area (Å²) in [5.41, 5.74) is 3.63. The number of methoxy groups -OCH3 is 1. The van der Waals surface area contributed by atoms with Crippen molar-refractivity contribution in [2.24, 2.45) is 5.92 Å². The molecule has 2 saturated heterocycles. The van der Waals surface area contributed by atoms with E-state index in [0.717, 1.165) is 97.6 Å². The molecule has 10 heteroatoms. The van der Waals surface area contributed by atoms with E-state index in [-0.39, 0.29) is 11.9 Å². The number of amides is 1. The number of rotatable bonds is 11. The van der Waals surface area contributed by atoms with Gasteiger partial charge in [0.05, 0.1) is 31.1 Å². The number of benzene rings is 2. The smallest absolute Gasteiger partial charge is 0.247 e. The summed E-state index contributed by atoms with van der Waals surface area (Å²) in [7, 11) is 3.82. The zero-order valence-electron chi connectivity index (χ0n) is 26.9. The molecule has 10 nitrogen and oxygen atoms in total. The molecule has 3 aliphatic rings. The highest BCUT2D eigenvalue weighted by atomic mass is 16.7. The van der Waals surface area contributed by atoms with Gasteiger partial charge < -0.3 is 24.6 Å². The van der Waals surface area contributed by atoms with Crippen LogP contribution in [0.4, 0.5) is 17.2 Å². The Bertz CT molecular complexity index is 1540. The fraction of sp³-hybridized carbons (Fsp3) is 0.417. The van der Waals surface area contributed by atoms with Gasteiger partial charge >= 0.3 is 0 Å². The molecule has 0 bridgehead atoms. The van der Waals surface area contributed by atoms with E-state index < -0.39 is 0 Å². The van der Waals surface area contributed by atoms with E-state index in [1.165, 1.54) is 6.08 Å². The number of hydrogen-bond acceptors (Lipinski definition) is 9. The SMILES string of the molecule is C=CC(=O)Nc1cc(CCc2cc(N3OCC[C@@H]3C3CCC=C(Oc4ccccc4)C3)ncn2)c(OC)cc1N1CCN(C)CC1. The predicted octanol–water partition coefficient (Wildman–Crippen LogP) is 5.42. The van der Waals surface area contributed by atoms with Crippen molar-refractivity contribution < 1.29 is 19.1 Å². The van der Waals surface area contributed by atoms with Gasteiger partial charge in [-0.2, -0.15) is 0 Å². The lowest BCUT2D eigenvalue weighted by Crippen LogP contribution is -2.44. The van der Waals surface area contributed by atoms with Gasteiger partial charge in [0.15, 0.2) is 5.82 Å². The van der Waals surface area contributed by atoms with Gasteiger partial charge in [-0.3, -0.25) is 9.63 Å². The third kappa shape index (κ3) is 7.51.